The second kappa shape index (κ2) is 3.91. The molecule has 1 atom stereocenters. The number of aromatic nitrogens is 1. The average Bonchev–Trinajstić information content (AvgIpc) is 2.47. The molecule has 1 aromatic heterocycles. The van der Waals surface area contributed by atoms with E-state index in [-0.39, 0.29) is 11.6 Å². The number of likely N-dealkylation sites (tertiary alicyclic amines) is 1. The van der Waals surface area contributed by atoms with E-state index in [2.05, 4.69) is 23.7 Å². The summed E-state index contributed by atoms with van der Waals surface area (Å²) < 4.78 is 0. The fourth-order valence-corrected chi connectivity index (χ4v) is 2.12. The predicted octanol–water partition coefficient (Wildman–Crippen LogP) is 1.43. The maximum atomic E-state index is 9.85. The van der Waals surface area contributed by atoms with Gasteiger partial charge in [-0.2, -0.15) is 0 Å². The first-order valence-electron chi connectivity index (χ1n) is 5.43. The van der Waals surface area contributed by atoms with E-state index in [1.165, 1.54) is 5.56 Å². The number of aliphatic hydroxyl groups is 1. The normalized spacial score (nSPS) is 25.7. The molecule has 3 heteroatoms. The summed E-state index contributed by atoms with van der Waals surface area (Å²) in [6.45, 7) is 6.07. The maximum Gasteiger partial charge on any atom is 0.0730 e. The first-order valence-corrected chi connectivity index (χ1v) is 5.43. The van der Waals surface area contributed by atoms with Crippen LogP contribution in [0.4, 0.5) is 0 Å². The molecule has 0 aliphatic carbocycles. The zero-order valence-electron chi connectivity index (χ0n) is 9.35. The van der Waals surface area contributed by atoms with Gasteiger partial charge in [0.05, 0.1) is 6.10 Å². The van der Waals surface area contributed by atoms with Crippen molar-refractivity contribution in [2.75, 3.05) is 6.54 Å². The zero-order valence-corrected chi connectivity index (χ0v) is 9.35. The number of hydrogen-bond acceptors (Lipinski definition) is 3. The van der Waals surface area contributed by atoms with Crippen molar-refractivity contribution in [3.05, 3.63) is 30.1 Å². The molecule has 2 rings (SSSR count). The van der Waals surface area contributed by atoms with Gasteiger partial charge in [-0.1, -0.05) is 0 Å². The second-order valence-electron chi connectivity index (χ2n) is 4.74. The Kier molecular flexibility index (Phi) is 2.76. The number of pyridine rings is 1. The summed E-state index contributed by atoms with van der Waals surface area (Å²) in [5, 5.41) is 9.85. The Labute approximate surface area is 90.8 Å². The summed E-state index contributed by atoms with van der Waals surface area (Å²) in [4.78, 5) is 6.33. The van der Waals surface area contributed by atoms with E-state index in [9.17, 15) is 5.11 Å². The van der Waals surface area contributed by atoms with E-state index in [1.54, 1.807) is 0 Å². The molecule has 0 bridgehead atoms. The third-order valence-corrected chi connectivity index (χ3v) is 3.43. The SMILES string of the molecule is CC1(C)C(O)CCN1Cc1ccncc1. The zero-order chi connectivity index (χ0) is 10.9. The summed E-state index contributed by atoms with van der Waals surface area (Å²) in [6.07, 6.45) is 4.29. The summed E-state index contributed by atoms with van der Waals surface area (Å²) in [5.74, 6) is 0. The molecule has 82 valence electrons. The molecule has 15 heavy (non-hydrogen) atoms. The van der Waals surface area contributed by atoms with Gasteiger partial charge >= 0.3 is 0 Å². The smallest absolute Gasteiger partial charge is 0.0730 e. The summed E-state index contributed by atoms with van der Waals surface area (Å²) in [5.41, 5.74) is 1.15. The van der Waals surface area contributed by atoms with E-state index in [1.807, 2.05) is 24.5 Å². The summed E-state index contributed by atoms with van der Waals surface area (Å²) in [7, 11) is 0. The van der Waals surface area contributed by atoms with Gasteiger partial charge in [0.2, 0.25) is 0 Å². The molecule has 1 aliphatic rings. The molecule has 0 amide bonds. The number of hydrogen-bond donors (Lipinski definition) is 1. The molecule has 1 fully saturated rings. The largest absolute Gasteiger partial charge is 0.391 e. The number of aliphatic hydroxyl groups excluding tert-OH is 1. The Hall–Kier alpha value is -0.930. The lowest BCUT2D eigenvalue weighted by molar-refractivity contribution is 0.0506. The van der Waals surface area contributed by atoms with Crippen LogP contribution in [0.1, 0.15) is 25.8 Å². The van der Waals surface area contributed by atoms with Crippen LogP contribution in [0.3, 0.4) is 0 Å². The van der Waals surface area contributed by atoms with Crippen LogP contribution in [0.25, 0.3) is 0 Å². The van der Waals surface area contributed by atoms with Gasteiger partial charge in [0.1, 0.15) is 0 Å². The Morgan fingerprint density at radius 2 is 2.13 bits per heavy atom. The van der Waals surface area contributed by atoms with Gasteiger partial charge in [-0.3, -0.25) is 9.88 Å². The molecule has 3 nitrogen and oxygen atoms in total. The molecule has 1 unspecified atom stereocenters. The highest BCUT2D eigenvalue weighted by molar-refractivity contribution is 5.11. The van der Waals surface area contributed by atoms with Crippen molar-refractivity contribution >= 4 is 0 Å². The van der Waals surface area contributed by atoms with Crippen LogP contribution in [-0.4, -0.2) is 33.2 Å². The minimum atomic E-state index is -0.209. The summed E-state index contributed by atoms with van der Waals surface area (Å²) >= 11 is 0. The highest BCUT2D eigenvalue weighted by Gasteiger charge is 2.39. The van der Waals surface area contributed by atoms with E-state index >= 15 is 0 Å². The molecule has 0 spiro atoms. The van der Waals surface area contributed by atoms with Crippen LogP contribution in [0.5, 0.6) is 0 Å². The van der Waals surface area contributed by atoms with Crippen LogP contribution >= 0.6 is 0 Å². The van der Waals surface area contributed by atoms with Crippen molar-refractivity contribution in [1.82, 2.24) is 9.88 Å². The van der Waals surface area contributed by atoms with Crippen molar-refractivity contribution in [3.8, 4) is 0 Å². The van der Waals surface area contributed by atoms with Crippen molar-refractivity contribution < 1.29 is 5.11 Å². The van der Waals surface area contributed by atoms with Crippen LogP contribution in [0.15, 0.2) is 24.5 Å². The lowest BCUT2D eigenvalue weighted by Crippen LogP contribution is -2.44. The standard InChI is InChI=1S/C12H18N2O/c1-12(2)11(15)5-8-14(12)9-10-3-6-13-7-4-10/h3-4,6-7,11,15H,5,8-9H2,1-2H3. The molecule has 0 radical (unpaired) electrons. The van der Waals surface area contributed by atoms with Crippen LogP contribution in [0.2, 0.25) is 0 Å². The minimum absolute atomic E-state index is 0.108. The molecular formula is C12H18N2O. The van der Waals surface area contributed by atoms with E-state index in [0.29, 0.717) is 0 Å². The predicted molar refractivity (Wildman–Crippen MR) is 59.3 cm³/mol. The Balaban J connectivity index is 2.08. The molecule has 0 aromatic carbocycles. The van der Waals surface area contributed by atoms with Crippen molar-refractivity contribution in [1.29, 1.82) is 0 Å². The topological polar surface area (TPSA) is 36.4 Å². The Morgan fingerprint density at radius 3 is 2.67 bits per heavy atom. The van der Waals surface area contributed by atoms with Crippen LogP contribution < -0.4 is 0 Å². The Bertz CT molecular complexity index is 324. The third-order valence-electron chi connectivity index (χ3n) is 3.43. The van der Waals surface area contributed by atoms with Gasteiger partial charge in [-0.05, 0) is 38.0 Å². The molecule has 1 aromatic rings. The molecule has 1 aliphatic heterocycles. The highest BCUT2D eigenvalue weighted by Crippen LogP contribution is 2.30. The van der Waals surface area contributed by atoms with Crippen molar-refractivity contribution in [2.45, 2.75) is 38.5 Å². The van der Waals surface area contributed by atoms with Gasteiger partial charge < -0.3 is 5.11 Å². The van der Waals surface area contributed by atoms with Crippen molar-refractivity contribution in [2.24, 2.45) is 0 Å². The monoisotopic (exact) mass is 206 g/mol. The van der Waals surface area contributed by atoms with E-state index < -0.39 is 0 Å². The minimum Gasteiger partial charge on any atom is -0.391 e. The summed E-state index contributed by atoms with van der Waals surface area (Å²) in [6, 6.07) is 4.06. The van der Waals surface area contributed by atoms with E-state index in [0.717, 1.165) is 19.5 Å². The second-order valence-corrected chi connectivity index (χ2v) is 4.74. The molecule has 1 saturated heterocycles. The molecule has 1 N–H and O–H groups in total. The van der Waals surface area contributed by atoms with Gasteiger partial charge in [-0.15, -0.1) is 0 Å². The molecule has 2 heterocycles. The first-order chi connectivity index (χ1) is 7.10. The lowest BCUT2D eigenvalue weighted by Gasteiger charge is -2.33. The lowest BCUT2D eigenvalue weighted by atomic mass is 9.98. The van der Waals surface area contributed by atoms with Gasteiger partial charge in [-0.25, -0.2) is 0 Å². The highest BCUT2D eigenvalue weighted by atomic mass is 16.3. The number of rotatable bonds is 2. The first kappa shape index (κ1) is 10.6. The third kappa shape index (κ3) is 2.03. The molecular weight excluding hydrogens is 188 g/mol. The quantitative estimate of drug-likeness (QED) is 0.795. The van der Waals surface area contributed by atoms with Gasteiger partial charge in [0.25, 0.3) is 0 Å². The average molecular weight is 206 g/mol. The fraction of sp³-hybridized carbons (Fsp3) is 0.583. The molecule has 0 saturated carbocycles. The number of nitrogens with zero attached hydrogens (tertiary/aromatic N) is 2. The van der Waals surface area contributed by atoms with Gasteiger partial charge in [0, 0.05) is 31.0 Å². The van der Waals surface area contributed by atoms with E-state index in [4.69, 9.17) is 0 Å². The van der Waals surface area contributed by atoms with Crippen LogP contribution in [0, 0.1) is 0 Å². The Morgan fingerprint density at radius 1 is 1.47 bits per heavy atom. The fourth-order valence-electron chi connectivity index (χ4n) is 2.12. The van der Waals surface area contributed by atoms with Gasteiger partial charge in [0.15, 0.2) is 0 Å². The van der Waals surface area contributed by atoms with Crippen LogP contribution in [-0.2, 0) is 6.54 Å². The van der Waals surface area contributed by atoms with Crippen molar-refractivity contribution in [3.63, 3.8) is 0 Å². The maximum absolute atomic E-state index is 9.85.